The average Bonchev–Trinajstić information content (AvgIpc) is 2.35. The van der Waals surface area contributed by atoms with Gasteiger partial charge in [0.25, 0.3) is 0 Å². The summed E-state index contributed by atoms with van der Waals surface area (Å²) in [5, 5.41) is 12.2. The summed E-state index contributed by atoms with van der Waals surface area (Å²) >= 11 is 3.38. The molecule has 0 heterocycles. The first-order chi connectivity index (χ1) is 8.58. The molecule has 18 heavy (non-hydrogen) atoms. The highest BCUT2D eigenvalue weighted by molar-refractivity contribution is 9.10. The Morgan fingerprint density at radius 1 is 1.61 bits per heavy atom. The Morgan fingerprint density at radius 2 is 2.33 bits per heavy atom. The molecule has 0 aromatic heterocycles. The van der Waals surface area contributed by atoms with Crippen molar-refractivity contribution in [2.24, 2.45) is 0 Å². The third-order valence-corrected chi connectivity index (χ3v) is 3.48. The van der Waals surface area contributed by atoms with E-state index in [1.165, 1.54) is 0 Å². The molecule has 0 radical (unpaired) electrons. The van der Waals surface area contributed by atoms with Gasteiger partial charge in [-0.15, -0.1) is 12.3 Å². The molecule has 1 unspecified atom stereocenters. The van der Waals surface area contributed by atoms with E-state index in [-0.39, 0.29) is 5.56 Å². The Labute approximate surface area is 116 Å². The van der Waals surface area contributed by atoms with E-state index in [4.69, 9.17) is 11.5 Å². The number of hydrogen-bond donors (Lipinski definition) is 2. The zero-order chi connectivity index (χ0) is 13.5. The van der Waals surface area contributed by atoms with Crippen LogP contribution in [-0.4, -0.2) is 17.1 Å². The van der Waals surface area contributed by atoms with Gasteiger partial charge in [-0.25, -0.2) is 4.79 Å². The summed E-state index contributed by atoms with van der Waals surface area (Å²) < 4.78 is 0.797. The van der Waals surface area contributed by atoms with Gasteiger partial charge in [-0.2, -0.15) is 0 Å². The van der Waals surface area contributed by atoms with Crippen molar-refractivity contribution in [3.63, 3.8) is 0 Å². The molecule has 1 atom stereocenters. The summed E-state index contributed by atoms with van der Waals surface area (Å²) in [5.41, 5.74) is 1.30. The van der Waals surface area contributed by atoms with Crippen molar-refractivity contribution in [3.8, 4) is 12.3 Å². The van der Waals surface area contributed by atoms with Gasteiger partial charge >= 0.3 is 5.97 Å². The van der Waals surface area contributed by atoms with Crippen LogP contribution in [0.15, 0.2) is 22.7 Å². The van der Waals surface area contributed by atoms with Crippen LogP contribution in [0.4, 0.5) is 0 Å². The predicted molar refractivity (Wildman–Crippen MR) is 75.5 cm³/mol. The molecule has 4 heteroatoms. The molecule has 0 spiro atoms. The maximum Gasteiger partial charge on any atom is 0.335 e. The Kier molecular flexibility index (Phi) is 5.90. The fraction of sp³-hybridized carbons (Fsp3) is 0.357. The van der Waals surface area contributed by atoms with Crippen LogP contribution in [0, 0.1) is 12.3 Å². The number of carbonyl (C=O) groups is 1. The molecule has 0 bridgehead atoms. The van der Waals surface area contributed by atoms with Crippen molar-refractivity contribution < 1.29 is 9.90 Å². The lowest BCUT2D eigenvalue weighted by Crippen LogP contribution is -2.27. The van der Waals surface area contributed by atoms with Gasteiger partial charge in [0, 0.05) is 23.5 Å². The minimum atomic E-state index is -0.922. The molecule has 1 aromatic rings. The number of aromatic carboxylic acids is 1. The molecule has 3 nitrogen and oxygen atoms in total. The molecule has 0 aliphatic rings. The monoisotopic (exact) mass is 309 g/mol. The molecule has 1 aromatic carbocycles. The number of nitrogens with one attached hydrogen (secondary N) is 1. The second-order valence-corrected chi connectivity index (χ2v) is 4.86. The molecule has 0 saturated heterocycles. The minimum Gasteiger partial charge on any atom is -0.478 e. The van der Waals surface area contributed by atoms with Crippen LogP contribution in [0.3, 0.4) is 0 Å². The van der Waals surface area contributed by atoms with Crippen molar-refractivity contribution >= 4 is 21.9 Å². The first kappa shape index (κ1) is 14.7. The summed E-state index contributed by atoms with van der Waals surface area (Å²) in [6, 6.07) is 5.32. The van der Waals surface area contributed by atoms with Crippen LogP contribution < -0.4 is 5.32 Å². The summed E-state index contributed by atoms with van der Waals surface area (Å²) in [5.74, 6) is 1.72. The first-order valence-corrected chi connectivity index (χ1v) is 6.56. The quantitative estimate of drug-likeness (QED) is 0.794. The van der Waals surface area contributed by atoms with Crippen LogP contribution >= 0.6 is 15.9 Å². The lowest BCUT2D eigenvalue weighted by molar-refractivity contribution is 0.0697. The lowest BCUT2D eigenvalue weighted by atomic mass is 10.1. The largest absolute Gasteiger partial charge is 0.478 e. The molecular formula is C14H16BrNO2. The smallest absolute Gasteiger partial charge is 0.335 e. The van der Waals surface area contributed by atoms with Gasteiger partial charge in [-0.1, -0.05) is 28.9 Å². The van der Waals surface area contributed by atoms with Crippen LogP contribution in [0.5, 0.6) is 0 Å². The molecule has 0 aliphatic heterocycles. The van der Waals surface area contributed by atoms with Crippen molar-refractivity contribution in [1.82, 2.24) is 5.32 Å². The summed E-state index contributed by atoms with van der Waals surface area (Å²) in [4.78, 5) is 10.8. The second-order valence-electron chi connectivity index (χ2n) is 4.01. The van der Waals surface area contributed by atoms with Gasteiger partial charge in [-0.05, 0) is 24.1 Å². The highest BCUT2D eigenvalue weighted by Crippen LogP contribution is 2.19. The van der Waals surface area contributed by atoms with Crippen molar-refractivity contribution in [2.45, 2.75) is 32.4 Å². The zero-order valence-electron chi connectivity index (χ0n) is 10.2. The van der Waals surface area contributed by atoms with Crippen molar-refractivity contribution in [3.05, 3.63) is 33.8 Å². The Hall–Kier alpha value is -1.31. The molecule has 1 rings (SSSR count). The first-order valence-electron chi connectivity index (χ1n) is 5.77. The third-order valence-electron chi connectivity index (χ3n) is 2.74. The standard InChI is InChI=1S/C14H16BrNO2/c1-3-5-12(4-2)16-9-11-7-6-10(14(17)18)8-13(11)15/h1,6-8,12,16H,4-5,9H2,2H3,(H,17,18). The number of hydrogen-bond acceptors (Lipinski definition) is 2. The van der Waals surface area contributed by atoms with Crippen LogP contribution in [0.25, 0.3) is 0 Å². The van der Waals surface area contributed by atoms with E-state index in [0.29, 0.717) is 19.0 Å². The van der Waals surface area contributed by atoms with E-state index in [9.17, 15) is 4.79 Å². The van der Waals surface area contributed by atoms with Gasteiger partial charge in [0.1, 0.15) is 0 Å². The number of benzene rings is 1. The predicted octanol–water partition coefficient (Wildman–Crippen LogP) is 3.04. The summed E-state index contributed by atoms with van der Waals surface area (Å²) in [7, 11) is 0. The number of carboxylic acid groups (broad SMARTS) is 1. The minimum absolute atomic E-state index is 0.279. The van der Waals surface area contributed by atoms with Crippen molar-refractivity contribution in [2.75, 3.05) is 0 Å². The van der Waals surface area contributed by atoms with E-state index in [0.717, 1.165) is 16.5 Å². The fourth-order valence-corrected chi connectivity index (χ4v) is 2.10. The molecule has 0 aliphatic carbocycles. The highest BCUT2D eigenvalue weighted by Gasteiger charge is 2.08. The Morgan fingerprint density at radius 3 is 2.83 bits per heavy atom. The Balaban J connectivity index is 2.68. The number of rotatable bonds is 6. The Bertz CT molecular complexity index is 465. The molecule has 2 N–H and O–H groups in total. The van der Waals surface area contributed by atoms with E-state index in [1.807, 2.05) is 6.07 Å². The van der Waals surface area contributed by atoms with Gasteiger partial charge < -0.3 is 10.4 Å². The van der Waals surface area contributed by atoms with E-state index in [1.54, 1.807) is 12.1 Å². The summed E-state index contributed by atoms with van der Waals surface area (Å²) in [6.45, 7) is 2.75. The molecular weight excluding hydrogens is 294 g/mol. The normalized spacial score (nSPS) is 11.8. The number of halogens is 1. The topological polar surface area (TPSA) is 49.3 Å². The van der Waals surface area contributed by atoms with E-state index >= 15 is 0 Å². The third kappa shape index (κ3) is 4.17. The maximum atomic E-state index is 10.8. The van der Waals surface area contributed by atoms with Crippen LogP contribution in [0.2, 0.25) is 0 Å². The van der Waals surface area contributed by atoms with Gasteiger partial charge in [0.2, 0.25) is 0 Å². The highest BCUT2D eigenvalue weighted by atomic mass is 79.9. The number of terminal acetylenes is 1. The second kappa shape index (κ2) is 7.20. The van der Waals surface area contributed by atoms with E-state index < -0.39 is 5.97 Å². The fourth-order valence-electron chi connectivity index (χ4n) is 1.58. The van der Waals surface area contributed by atoms with Crippen LogP contribution in [0.1, 0.15) is 35.7 Å². The van der Waals surface area contributed by atoms with Gasteiger partial charge in [0.05, 0.1) is 5.56 Å². The van der Waals surface area contributed by atoms with Crippen LogP contribution in [-0.2, 0) is 6.54 Å². The zero-order valence-corrected chi connectivity index (χ0v) is 11.8. The van der Waals surface area contributed by atoms with Crippen molar-refractivity contribution in [1.29, 1.82) is 0 Å². The SMILES string of the molecule is C#CCC(CC)NCc1ccc(C(=O)O)cc1Br. The summed E-state index contributed by atoms with van der Waals surface area (Å²) in [6.07, 6.45) is 6.96. The molecule has 0 amide bonds. The lowest BCUT2D eigenvalue weighted by Gasteiger charge is -2.15. The molecule has 0 fully saturated rings. The average molecular weight is 310 g/mol. The maximum absolute atomic E-state index is 10.8. The molecule has 96 valence electrons. The van der Waals surface area contributed by atoms with Gasteiger partial charge in [0.15, 0.2) is 0 Å². The number of carboxylic acids is 1. The van der Waals surface area contributed by atoms with E-state index in [2.05, 4.69) is 34.1 Å². The molecule has 0 saturated carbocycles. The van der Waals surface area contributed by atoms with Gasteiger partial charge in [-0.3, -0.25) is 0 Å².